The van der Waals surface area contributed by atoms with Crippen LogP contribution in [0.3, 0.4) is 0 Å². The molecule has 2 rings (SSSR count). The van der Waals surface area contributed by atoms with E-state index in [0.29, 0.717) is 5.56 Å². The predicted molar refractivity (Wildman–Crippen MR) is 56.3 cm³/mol. The van der Waals surface area contributed by atoms with Gasteiger partial charge in [0.05, 0.1) is 11.6 Å². The van der Waals surface area contributed by atoms with Gasteiger partial charge in [-0.3, -0.25) is 0 Å². The third-order valence-corrected chi connectivity index (χ3v) is 2.74. The van der Waals surface area contributed by atoms with Crippen LogP contribution >= 0.6 is 15.9 Å². The molecule has 0 bridgehead atoms. The van der Waals surface area contributed by atoms with Gasteiger partial charge >= 0.3 is 0 Å². The molecule has 0 N–H and O–H groups in total. The van der Waals surface area contributed by atoms with Crippen molar-refractivity contribution in [2.24, 2.45) is 0 Å². The normalized spacial score (nSPS) is 10.1. The third kappa shape index (κ3) is 1.38. The van der Waals surface area contributed by atoms with Crippen molar-refractivity contribution in [3.63, 3.8) is 0 Å². The minimum Gasteiger partial charge on any atom is -0.207 e. The molecule has 3 heteroatoms. The summed E-state index contributed by atoms with van der Waals surface area (Å²) in [4.78, 5) is 0. The Bertz CT molecular complexity index is 543. The fourth-order valence-corrected chi connectivity index (χ4v) is 1.84. The SMILES string of the molecule is N#Cc1ccc(Br)c2cc(F)ccc12. The average Bonchev–Trinajstić information content (AvgIpc) is 2.19. The molecular formula is C11H5BrFN. The highest BCUT2D eigenvalue weighted by Crippen LogP contribution is 2.27. The molecule has 0 aliphatic heterocycles. The lowest BCUT2D eigenvalue weighted by molar-refractivity contribution is 0.629. The molecule has 0 spiro atoms. The molecule has 14 heavy (non-hydrogen) atoms. The summed E-state index contributed by atoms with van der Waals surface area (Å²) in [5, 5.41) is 10.3. The maximum atomic E-state index is 12.9. The van der Waals surface area contributed by atoms with Gasteiger partial charge in [0.1, 0.15) is 5.82 Å². The molecule has 0 heterocycles. The number of fused-ring (bicyclic) bond motifs is 1. The van der Waals surface area contributed by atoms with E-state index in [1.54, 1.807) is 18.2 Å². The van der Waals surface area contributed by atoms with E-state index in [2.05, 4.69) is 22.0 Å². The third-order valence-electron chi connectivity index (χ3n) is 2.05. The molecule has 1 nitrogen and oxygen atoms in total. The molecule has 0 amide bonds. The monoisotopic (exact) mass is 249 g/mol. The van der Waals surface area contributed by atoms with Gasteiger partial charge in [-0.25, -0.2) is 4.39 Å². The van der Waals surface area contributed by atoms with E-state index in [1.807, 2.05) is 0 Å². The van der Waals surface area contributed by atoms with Gasteiger partial charge in [0.2, 0.25) is 0 Å². The van der Waals surface area contributed by atoms with Crippen LogP contribution < -0.4 is 0 Å². The number of hydrogen-bond acceptors (Lipinski definition) is 1. The Morgan fingerprint density at radius 1 is 1.14 bits per heavy atom. The molecule has 0 aliphatic carbocycles. The second kappa shape index (κ2) is 3.39. The van der Waals surface area contributed by atoms with E-state index in [0.717, 1.165) is 15.2 Å². The van der Waals surface area contributed by atoms with Crippen molar-refractivity contribution >= 4 is 26.7 Å². The van der Waals surface area contributed by atoms with Gasteiger partial charge in [0.15, 0.2) is 0 Å². The first-order chi connectivity index (χ1) is 6.72. The molecule has 0 saturated heterocycles. The lowest BCUT2D eigenvalue weighted by Crippen LogP contribution is -1.82. The second-order valence-corrected chi connectivity index (χ2v) is 3.75. The van der Waals surface area contributed by atoms with Crippen molar-refractivity contribution in [1.82, 2.24) is 0 Å². The summed E-state index contributed by atoms with van der Waals surface area (Å²) in [6.45, 7) is 0. The van der Waals surface area contributed by atoms with E-state index in [4.69, 9.17) is 5.26 Å². The highest BCUT2D eigenvalue weighted by atomic mass is 79.9. The van der Waals surface area contributed by atoms with Gasteiger partial charge in [-0.1, -0.05) is 22.0 Å². The molecule has 0 saturated carbocycles. The van der Waals surface area contributed by atoms with Crippen LogP contribution in [0.4, 0.5) is 4.39 Å². The van der Waals surface area contributed by atoms with Crippen molar-refractivity contribution in [3.8, 4) is 6.07 Å². The maximum Gasteiger partial charge on any atom is 0.123 e. The highest BCUT2D eigenvalue weighted by molar-refractivity contribution is 9.10. The smallest absolute Gasteiger partial charge is 0.123 e. The zero-order valence-corrected chi connectivity index (χ0v) is 8.68. The summed E-state index contributed by atoms with van der Waals surface area (Å²) in [6, 6.07) is 9.93. The lowest BCUT2D eigenvalue weighted by atomic mass is 10.1. The number of hydrogen-bond donors (Lipinski definition) is 0. The van der Waals surface area contributed by atoms with Crippen LogP contribution in [-0.2, 0) is 0 Å². The number of benzene rings is 2. The molecule has 2 aromatic rings. The maximum absolute atomic E-state index is 12.9. The van der Waals surface area contributed by atoms with Crippen molar-refractivity contribution in [2.45, 2.75) is 0 Å². The predicted octanol–water partition coefficient (Wildman–Crippen LogP) is 3.61. The summed E-state index contributed by atoms with van der Waals surface area (Å²) in [7, 11) is 0. The summed E-state index contributed by atoms with van der Waals surface area (Å²) in [6.07, 6.45) is 0. The Morgan fingerprint density at radius 3 is 2.64 bits per heavy atom. The molecule has 0 fully saturated rings. The van der Waals surface area contributed by atoms with Gasteiger partial charge in [0.25, 0.3) is 0 Å². The van der Waals surface area contributed by atoms with E-state index in [-0.39, 0.29) is 5.82 Å². The Hall–Kier alpha value is -1.40. The van der Waals surface area contributed by atoms with Gasteiger partial charge in [-0.05, 0) is 24.3 Å². The van der Waals surface area contributed by atoms with Crippen LogP contribution in [0.15, 0.2) is 34.8 Å². The average molecular weight is 250 g/mol. The van der Waals surface area contributed by atoms with Gasteiger partial charge < -0.3 is 0 Å². The first kappa shape index (κ1) is 9.17. The number of nitrogens with zero attached hydrogens (tertiary/aromatic N) is 1. The van der Waals surface area contributed by atoms with Crippen LogP contribution in [0.2, 0.25) is 0 Å². The molecular weight excluding hydrogens is 245 g/mol. The Labute approximate surface area is 88.9 Å². The minimum absolute atomic E-state index is 0.298. The van der Waals surface area contributed by atoms with Crippen molar-refractivity contribution in [2.75, 3.05) is 0 Å². The molecule has 0 radical (unpaired) electrons. The summed E-state index contributed by atoms with van der Waals surface area (Å²) in [5.41, 5.74) is 0.559. The minimum atomic E-state index is -0.298. The second-order valence-electron chi connectivity index (χ2n) is 2.90. The summed E-state index contributed by atoms with van der Waals surface area (Å²) < 4.78 is 13.7. The molecule has 0 aliphatic rings. The lowest BCUT2D eigenvalue weighted by Gasteiger charge is -2.02. The molecule has 2 aromatic carbocycles. The van der Waals surface area contributed by atoms with Crippen molar-refractivity contribution < 1.29 is 4.39 Å². The van der Waals surface area contributed by atoms with Crippen molar-refractivity contribution in [1.29, 1.82) is 5.26 Å². The van der Waals surface area contributed by atoms with E-state index in [1.165, 1.54) is 12.1 Å². The van der Waals surface area contributed by atoms with E-state index in [9.17, 15) is 4.39 Å². The molecule has 0 aromatic heterocycles. The topological polar surface area (TPSA) is 23.8 Å². The summed E-state index contributed by atoms with van der Waals surface area (Å²) >= 11 is 3.32. The number of rotatable bonds is 0. The van der Waals surface area contributed by atoms with E-state index >= 15 is 0 Å². The fourth-order valence-electron chi connectivity index (χ4n) is 1.38. The molecule has 0 unspecified atom stereocenters. The van der Waals surface area contributed by atoms with Crippen LogP contribution in [0, 0.1) is 17.1 Å². The number of nitriles is 1. The number of halogens is 2. The van der Waals surface area contributed by atoms with Crippen LogP contribution in [0.1, 0.15) is 5.56 Å². The zero-order valence-electron chi connectivity index (χ0n) is 7.09. The first-order valence-electron chi connectivity index (χ1n) is 4.00. The highest BCUT2D eigenvalue weighted by Gasteiger charge is 2.04. The Morgan fingerprint density at radius 2 is 1.93 bits per heavy atom. The standard InChI is InChI=1S/C11H5BrFN/c12-11-4-1-7(6-14)9-3-2-8(13)5-10(9)11/h1-5H. The van der Waals surface area contributed by atoms with Gasteiger partial charge in [-0.2, -0.15) is 5.26 Å². The fraction of sp³-hybridized carbons (Fsp3) is 0. The van der Waals surface area contributed by atoms with Crippen LogP contribution in [-0.4, -0.2) is 0 Å². The Balaban J connectivity index is 2.93. The van der Waals surface area contributed by atoms with E-state index < -0.39 is 0 Å². The van der Waals surface area contributed by atoms with Crippen LogP contribution in [0.25, 0.3) is 10.8 Å². The first-order valence-corrected chi connectivity index (χ1v) is 4.79. The van der Waals surface area contributed by atoms with Gasteiger partial charge in [0, 0.05) is 15.2 Å². The van der Waals surface area contributed by atoms with Crippen LogP contribution in [0.5, 0.6) is 0 Å². The van der Waals surface area contributed by atoms with Crippen molar-refractivity contribution in [3.05, 3.63) is 46.2 Å². The molecule has 0 atom stereocenters. The Kier molecular flexibility index (Phi) is 2.22. The molecule has 68 valence electrons. The largest absolute Gasteiger partial charge is 0.207 e. The van der Waals surface area contributed by atoms with Gasteiger partial charge in [-0.15, -0.1) is 0 Å². The summed E-state index contributed by atoms with van der Waals surface area (Å²) in [5.74, 6) is -0.298. The quantitative estimate of drug-likeness (QED) is 0.700. The zero-order chi connectivity index (χ0) is 10.1.